The first-order valence-electron chi connectivity index (χ1n) is 11.7. The summed E-state index contributed by atoms with van der Waals surface area (Å²) in [5.41, 5.74) is 0.900. The smallest absolute Gasteiger partial charge is 0.303 e. The molecule has 188 valence electrons. The summed E-state index contributed by atoms with van der Waals surface area (Å²) in [7, 11) is 0. The van der Waals surface area contributed by atoms with E-state index in [0.29, 0.717) is 34.7 Å². The van der Waals surface area contributed by atoms with E-state index in [9.17, 15) is 14.4 Å². The molecule has 10 nitrogen and oxygen atoms in total. The number of nitriles is 1. The van der Waals surface area contributed by atoms with Gasteiger partial charge in [0.15, 0.2) is 11.4 Å². The molecule has 0 aliphatic heterocycles. The van der Waals surface area contributed by atoms with Gasteiger partial charge in [-0.25, -0.2) is 9.97 Å². The predicted molar refractivity (Wildman–Crippen MR) is 135 cm³/mol. The molecule has 3 heterocycles. The van der Waals surface area contributed by atoms with Gasteiger partial charge in [-0.1, -0.05) is 0 Å². The van der Waals surface area contributed by atoms with Crippen LogP contribution in [0.1, 0.15) is 63.4 Å². The number of aromatic nitrogens is 3. The summed E-state index contributed by atoms with van der Waals surface area (Å²) in [4.78, 5) is 45.3. The van der Waals surface area contributed by atoms with Gasteiger partial charge in [0.1, 0.15) is 17.5 Å². The summed E-state index contributed by atoms with van der Waals surface area (Å²) in [5.74, 6) is -0.480. The van der Waals surface area contributed by atoms with Gasteiger partial charge < -0.3 is 15.4 Å². The number of fused-ring (bicyclic) bond motifs is 1. The standard InChI is InChI=1S/C26H30N6O4/c1-16(2)31-21-12-23(32-10-8-19-11-18(13-27)14-30-24(19)32)29-15-20(21)25(35)28-9-6-7-22(34)26(4,5)36-17(3)33/h8,10-12,14-16H,6-7,9H2,1-5H3,(H,28,35)(H,29,31). The maximum absolute atomic E-state index is 12.9. The first-order chi connectivity index (χ1) is 17.0. The Labute approximate surface area is 209 Å². The predicted octanol–water partition coefficient (Wildman–Crippen LogP) is 3.53. The van der Waals surface area contributed by atoms with E-state index in [-0.39, 0.29) is 30.7 Å². The van der Waals surface area contributed by atoms with Gasteiger partial charge in [-0.05, 0) is 46.2 Å². The molecule has 0 bridgehead atoms. The topological polar surface area (TPSA) is 139 Å². The van der Waals surface area contributed by atoms with E-state index in [1.54, 1.807) is 30.5 Å². The minimum atomic E-state index is -1.20. The normalized spacial score (nSPS) is 11.2. The van der Waals surface area contributed by atoms with Crippen LogP contribution in [0.3, 0.4) is 0 Å². The molecule has 3 aromatic heterocycles. The number of ketones is 1. The van der Waals surface area contributed by atoms with Crippen molar-refractivity contribution in [2.24, 2.45) is 0 Å². The molecule has 0 spiro atoms. The number of esters is 1. The average molecular weight is 491 g/mol. The molecule has 10 heteroatoms. The number of rotatable bonds is 10. The first kappa shape index (κ1) is 26.3. The van der Waals surface area contributed by atoms with Crippen LogP contribution in [0.15, 0.2) is 36.8 Å². The van der Waals surface area contributed by atoms with Gasteiger partial charge in [0.2, 0.25) is 0 Å². The summed E-state index contributed by atoms with van der Waals surface area (Å²) in [6.45, 7) is 8.58. The molecule has 3 aromatic rings. The Balaban J connectivity index is 1.73. The average Bonchev–Trinajstić information content (AvgIpc) is 3.23. The highest BCUT2D eigenvalue weighted by molar-refractivity contribution is 5.99. The van der Waals surface area contributed by atoms with Crippen molar-refractivity contribution in [2.75, 3.05) is 11.9 Å². The SMILES string of the molecule is CC(=O)OC(C)(C)C(=O)CCCNC(=O)c1cnc(-n2ccc3cc(C#N)cnc32)cc1NC(C)C. The number of carbonyl (C=O) groups excluding carboxylic acids is 3. The maximum atomic E-state index is 12.9. The zero-order valence-electron chi connectivity index (χ0n) is 21.1. The molecule has 1 amide bonds. The van der Waals surface area contributed by atoms with Crippen molar-refractivity contribution in [2.45, 2.75) is 59.1 Å². The van der Waals surface area contributed by atoms with Crippen LogP contribution in [-0.4, -0.2) is 50.4 Å². The van der Waals surface area contributed by atoms with Gasteiger partial charge in [0, 0.05) is 56.0 Å². The van der Waals surface area contributed by atoms with Gasteiger partial charge in [0.25, 0.3) is 5.91 Å². The largest absolute Gasteiger partial charge is 0.452 e. The van der Waals surface area contributed by atoms with Crippen LogP contribution in [-0.2, 0) is 14.3 Å². The molecule has 0 atom stereocenters. The van der Waals surface area contributed by atoms with E-state index in [0.717, 1.165) is 5.39 Å². The summed E-state index contributed by atoms with van der Waals surface area (Å²) in [6.07, 6.45) is 5.38. The number of anilines is 1. The van der Waals surface area contributed by atoms with Gasteiger partial charge in [-0.3, -0.25) is 19.0 Å². The minimum absolute atomic E-state index is 0.0608. The second-order valence-corrected chi connectivity index (χ2v) is 9.21. The Morgan fingerprint density at radius 2 is 1.94 bits per heavy atom. The monoisotopic (exact) mass is 490 g/mol. The molecule has 0 aliphatic rings. The van der Waals surface area contributed by atoms with Crippen LogP contribution in [0.2, 0.25) is 0 Å². The zero-order chi connectivity index (χ0) is 26.5. The number of nitrogens with zero attached hydrogens (tertiary/aromatic N) is 4. The lowest BCUT2D eigenvalue weighted by Crippen LogP contribution is -2.37. The number of ether oxygens (including phenoxy) is 1. The van der Waals surface area contributed by atoms with Crippen molar-refractivity contribution < 1.29 is 19.1 Å². The lowest BCUT2D eigenvalue weighted by Gasteiger charge is -2.22. The lowest BCUT2D eigenvalue weighted by molar-refractivity contribution is -0.161. The lowest BCUT2D eigenvalue weighted by atomic mass is 9.99. The molecular weight excluding hydrogens is 460 g/mol. The molecule has 0 unspecified atom stereocenters. The number of nitrogens with one attached hydrogen (secondary N) is 2. The van der Waals surface area contributed by atoms with Gasteiger partial charge >= 0.3 is 5.97 Å². The van der Waals surface area contributed by atoms with Crippen LogP contribution in [0.5, 0.6) is 0 Å². The molecule has 3 rings (SSSR count). The number of hydrogen-bond donors (Lipinski definition) is 2. The second-order valence-electron chi connectivity index (χ2n) is 9.21. The Hall–Kier alpha value is -4.26. The number of Topliss-reactive ketones (excluding diaryl/α,β-unsaturated/α-hetero) is 1. The molecule has 36 heavy (non-hydrogen) atoms. The summed E-state index contributed by atoms with van der Waals surface area (Å²) in [6, 6.07) is 7.53. The summed E-state index contributed by atoms with van der Waals surface area (Å²) in [5, 5.41) is 16.0. The highest BCUT2D eigenvalue weighted by atomic mass is 16.6. The Morgan fingerprint density at radius 1 is 1.19 bits per heavy atom. The number of hydrogen-bond acceptors (Lipinski definition) is 8. The first-order valence-corrected chi connectivity index (χ1v) is 11.7. The fourth-order valence-electron chi connectivity index (χ4n) is 3.72. The van der Waals surface area contributed by atoms with Crippen molar-refractivity contribution in [3.8, 4) is 11.9 Å². The fraction of sp³-hybridized carbons (Fsp3) is 0.385. The Kier molecular flexibility index (Phi) is 8.04. The van der Waals surface area contributed by atoms with E-state index in [2.05, 4.69) is 26.7 Å². The number of pyridine rings is 2. The second kappa shape index (κ2) is 11.0. The maximum Gasteiger partial charge on any atom is 0.303 e. The molecule has 0 fully saturated rings. The summed E-state index contributed by atoms with van der Waals surface area (Å²) < 4.78 is 6.86. The zero-order valence-corrected chi connectivity index (χ0v) is 21.1. The van der Waals surface area contributed by atoms with E-state index >= 15 is 0 Å². The van der Waals surface area contributed by atoms with Crippen molar-refractivity contribution in [1.82, 2.24) is 19.9 Å². The van der Waals surface area contributed by atoms with Crippen LogP contribution in [0.4, 0.5) is 5.69 Å². The Bertz CT molecular complexity index is 1340. The fourth-order valence-corrected chi connectivity index (χ4v) is 3.72. The highest BCUT2D eigenvalue weighted by Crippen LogP contribution is 2.23. The van der Waals surface area contributed by atoms with Crippen LogP contribution in [0, 0.1) is 11.3 Å². The van der Waals surface area contributed by atoms with Crippen molar-refractivity contribution in [3.63, 3.8) is 0 Å². The third kappa shape index (κ3) is 6.24. The summed E-state index contributed by atoms with van der Waals surface area (Å²) >= 11 is 0. The van der Waals surface area contributed by atoms with E-state index in [1.165, 1.54) is 19.3 Å². The number of carbonyl (C=O) groups is 3. The molecule has 0 radical (unpaired) electrons. The molecular formula is C26H30N6O4. The van der Waals surface area contributed by atoms with Crippen molar-refractivity contribution in [3.05, 3.63) is 47.9 Å². The Morgan fingerprint density at radius 3 is 2.61 bits per heavy atom. The molecule has 2 N–H and O–H groups in total. The third-order valence-electron chi connectivity index (χ3n) is 5.42. The molecule has 0 aromatic carbocycles. The third-order valence-corrected chi connectivity index (χ3v) is 5.42. The molecule has 0 aliphatic carbocycles. The van der Waals surface area contributed by atoms with Gasteiger partial charge in [-0.2, -0.15) is 5.26 Å². The van der Waals surface area contributed by atoms with E-state index in [4.69, 9.17) is 10.00 Å². The van der Waals surface area contributed by atoms with E-state index < -0.39 is 11.6 Å². The van der Waals surface area contributed by atoms with Gasteiger partial charge in [0.05, 0.1) is 16.8 Å². The van der Waals surface area contributed by atoms with Crippen LogP contribution in [0.25, 0.3) is 16.9 Å². The van der Waals surface area contributed by atoms with Crippen molar-refractivity contribution in [1.29, 1.82) is 5.26 Å². The number of amides is 1. The molecule has 0 saturated carbocycles. The molecule has 0 saturated heterocycles. The van der Waals surface area contributed by atoms with Crippen molar-refractivity contribution >= 4 is 34.4 Å². The minimum Gasteiger partial charge on any atom is -0.452 e. The van der Waals surface area contributed by atoms with Crippen LogP contribution < -0.4 is 10.6 Å². The van der Waals surface area contributed by atoms with Gasteiger partial charge in [-0.15, -0.1) is 0 Å². The quantitative estimate of drug-likeness (QED) is 0.325. The van der Waals surface area contributed by atoms with E-state index in [1.807, 2.05) is 26.1 Å². The highest BCUT2D eigenvalue weighted by Gasteiger charge is 2.30. The van der Waals surface area contributed by atoms with Crippen LogP contribution >= 0.6 is 0 Å².